The average molecular weight is 336 g/mol. The van der Waals surface area contributed by atoms with Gasteiger partial charge in [-0.15, -0.1) is 0 Å². The van der Waals surface area contributed by atoms with Gasteiger partial charge in [-0.3, -0.25) is 9.59 Å². The topological polar surface area (TPSA) is 68.3 Å². The molecule has 4 nitrogen and oxygen atoms in total. The van der Waals surface area contributed by atoms with Gasteiger partial charge in [0, 0.05) is 11.1 Å². The second kappa shape index (κ2) is 8.95. The van der Waals surface area contributed by atoms with Crippen molar-refractivity contribution in [3.8, 4) is 0 Å². The Morgan fingerprint density at radius 3 is 1.70 bits per heavy atom. The van der Waals surface area contributed by atoms with Gasteiger partial charge in [0.2, 0.25) is 0 Å². The molecule has 0 radical (unpaired) electrons. The van der Waals surface area contributed by atoms with Crippen LogP contribution in [0.3, 0.4) is 0 Å². The van der Waals surface area contributed by atoms with Crippen LogP contribution in [0.25, 0.3) is 0 Å². The van der Waals surface area contributed by atoms with E-state index in [1.54, 1.807) is 0 Å². The zero-order valence-electron chi connectivity index (χ0n) is 12.6. The Labute approximate surface area is 134 Å². The van der Waals surface area contributed by atoms with E-state index in [4.69, 9.17) is 0 Å². The normalized spacial score (nSPS) is 10.3. The van der Waals surface area contributed by atoms with Crippen LogP contribution in [-0.2, 0) is 9.84 Å². The second-order valence-corrected chi connectivity index (χ2v) is 6.78. The van der Waals surface area contributed by atoms with E-state index >= 15 is 0 Å². The molecule has 2 rings (SSSR count). The molecule has 6 heteroatoms. The molecule has 0 amide bonds. The predicted molar refractivity (Wildman–Crippen MR) is 86.0 cm³/mol. The highest BCUT2D eigenvalue weighted by atomic mass is 32.2. The Bertz CT molecular complexity index is 735. The van der Waals surface area contributed by atoms with Gasteiger partial charge in [-0.05, 0) is 42.8 Å². The van der Waals surface area contributed by atoms with Crippen LogP contribution in [0.1, 0.15) is 34.1 Å². The van der Waals surface area contributed by atoms with Gasteiger partial charge in [0.25, 0.3) is 0 Å². The Hall–Kier alpha value is -2.34. The fraction of sp³-hybridized carbons (Fsp3) is 0.176. The third kappa shape index (κ3) is 6.12. The highest BCUT2D eigenvalue weighted by Gasteiger charge is 2.12. The number of hydrogen-bond donors (Lipinski definition) is 0. The highest BCUT2D eigenvalue weighted by molar-refractivity contribution is 7.91. The fourth-order valence-electron chi connectivity index (χ4n) is 1.68. The largest absolute Gasteiger partial charge is 0.298 e. The Morgan fingerprint density at radius 2 is 1.30 bits per heavy atom. The van der Waals surface area contributed by atoms with E-state index in [0.29, 0.717) is 30.1 Å². The second-order valence-electron chi connectivity index (χ2n) is 4.68. The van der Waals surface area contributed by atoms with Crippen molar-refractivity contribution in [1.29, 1.82) is 0 Å². The fourth-order valence-corrected chi connectivity index (χ4v) is 3.01. The summed E-state index contributed by atoms with van der Waals surface area (Å²) in [6.45, 7) is 1.82. The minimum atomic E-state index is -3.15. The van der Waals surface area contributed by atoms with E-state index in [1.807, 2.05) is 6.92 Å². The van der Waals surface area contributed by atoms with Gasteiger partial charge in [0.1, 0.15) is 18.4 Å². The molecule has 0 unspecified atom stereocenters. The average Bonchev–Trinajstić information content (AvgIpc) is 2.56. The number of aldehydes is 2. The van der Waals surface area contributed by atoms with E-state index in [1.165, 1.54) is 48.5 Å². The molecule has 2 aromatic carbocycles. The van der Waals surface area contributed by atoms with Crippen molar-refractivity contribution in [2.75, 3.05) is 5.75 Å². The number of sulfone groups is 1. The van der Waals surface area contributed by atoms with E-state index < -0.39 is 9.84 Å². The van der Waals surface area contributed by atoms with Crippen LogP contribution in [0.5, 0.6) is 0 Å². The maximum Gasteiger partial charge on any atom is 0.178 e. The van der Waals surface area contributed by atoms with Crippen molar-refractivity contribution < 1.29 is 22.4 Å². The molecule has 0 aliphatic heterocycles. The number of carbonyl (C=O) groups is 2. The van der Waals surface area contributed by atoms with Crippen molar-refractivity contribution >= 4 is 22.4 Å². The standard InChI is InChI=1S/C10H12O3S.C7H5FO/c1-2-7-14(12,13)10-5-3-9(8-11)4-6-10;8-7-3-1-6(5-9)2-4-7/h3-6,8H,2,7H2,1H3;1-5H. The van der Waals surface area contributed by atoms with Crippen molar-refractivity contribution in [1.82, 2.24) is 0 Å². The number of halogens is 1. The first kappa shape index (κ1) is 18.7. The first-order valence-corrected chi connectivity index (χ1v) is 8.57. The molecule has 122 valence electrons. The minimum absolute atomic E-state index is 0.146. The first-order valence-electron chi connectivity index (χ1n) is 6.91. The predicted octanol–water partition coefficient (Wildman–Crippen LogP) is 3.32. The summed E-state index contributed by atoms with van der Waals surface area (Å²) < 4.78 is 35.2. The Kier molecular flexibility index (Phi) is 7.28. The molecule has 0 heterocycles. The highest BCUT2D eigenvalue weighted by Crippen LogP contribution is 2.12. The van der Waals surface area contributed by atoms with E-state index in [0.717, 1.165) is 0 Å². The number of hydrogen-bond acceptors (Lipinski definition) is 4. The molecule has 0 fully saturated rings. The first-order chi connectivity index (χ1) is 10.9. The quantitative estimate of drug-likeness (QED) is 0.786. The summed E-state index contributed by atoms with van der Waals surface area (Å²) in [7, 11) is -3.15. The number of carbonyl (C=O) groups excluding carboxylic acids is 2. The van der Waals surface area contributed by atoms with Gasteiger partial charge in [0.05, 0.1) is 10.6 Å². The molecular weight excluding hydrogens is 319 g/mol. The molecule has 0 aliphatic rings. The monoisotopic (exact) mass is 336 g/mol. The lowest BCUT2D eigenvalue weighted by Crippen LogP contribution is -2.05. The lowest BCUT2D eigenvalue weighted by Gasteiger charge is -2.01. The molecule has 0 saturated heterocycles. The van der Waals surface area contributed by atoms with Gasteiger partial charge >= 0.3 is 0 Å². The Balaban J connectivity index is 0.000000253. The third-order valence-corrected chi connectivity index (χ3v) is 4.79. The maximum absolute atomic E-state index is 12.1. The molecule has 0 N–H and O–H groups in total. The molecule has 0 bridgehead atoms. The molecule has 0 aliphatic carbocycles. The summed E-state index contributed by atoms with van der Waals surface area (Å²) in [4.78, 5) is 20.6. The van der Waals surface area contributed by atoms with E-state index in [-0.39, 0.29) is 16.5 Å². The minimum Gasteiger partial charge on any atom is -0.298 e. The van der Waals surface area contributed by atoms with Crippen LogP contribution in [0.2, 0.25) is 0 Å². The number of benzene rings is 2. The van der Waals surface area contributed by atoms with Gasteiger partial charge in [-0.2, -0.15) is 0 Å². The summed E-state index contributed by atoms with van der Waals surface area (Å²) in [6, 6.07) is 11.3. The lowest BCUT2D eigenvalue weighted by atomic mass is 10.2. The smallest absolute Gasteiger partial charge is 0.178 e. The lowest BCUT2D eigenvalue weighted by molar-refractivity contribution is 0.111. The molecule has 2 aromatic rings. The van der Waals surface area contributed by atoms with Crippen LogP contribution in [0.15, 0.2) is 53.4 Å². The Morgan fingerprint density at radius 1 is 0.870 bits per heavy atom. The summed E-state index contributed by atoms with van der Waals surface area (Å²) >= 11 is 0. The molecular formula is C17H17FO4S. The van der Waals surface area contributed by atoms with Crippen molar-refractivity contribution in [2.45, 2.75) is 18.2 Å². The van der Waals surface area contributed by atoms with Gasteiger partial charge in [-0.25, -0.2) is 12.8 Å². The van der Waals surface area contributed by atoms with Gasteiger partial charge < -0.3 is 0 Å². The molecule has 23 heavy (non-hydrogen) atoms. The third-order valence-electron chi connectivity index (χ3n) is 2.85. The molecule has 0 aromatic heterocycles. The maximum atomic E-state index is 12.1. The summed E-state index contributed by atoms with van der Waals surface area (Å²) in [5.74, 6) is -0.173. The zero-order valence-corrected chi connectivity index (χ0v) is 13.4. The zero-order chi connectivity index (χ0) is 17.3. The molecule has 0 spiro atoms. The van der Waals surface area contributed by atoms with E-state index in [2.05, 4.69) is 0 Å². The summed E-state index contributed by atoms with van der Waals surface area (Å²) in [5, 5.41) is 0. The van der Waals surface area contributed by atoms with Crippen molar-refractivity contribution in [2.24, 2.45) is 0 Å². The summed E-state index contributed by atoms with van der Waals surface area (Å²) in [6.07, 6.45) is 1.97. The van der Waals surface area contributed by atoms with Crippen molar-refractivity contribution in [3.63, 3.8) is 0 Å². The molecule has 0 saturated carbocycles. The van der Waals surface area contributed by atoms with Gasteiger partial charge in [0.15, 0.2) is 9.84 Å². The SMILES string of the molecule is CCCS(=O)(=O)c1ccc(C=O)cc1.O=Cc1ccc(F)cc1. The van der Waals surface area contributed by atoms with Crippen LogP contribution < -0.4 is 0 Å². The van der Waals surface area contributed by atoms with Crippen LogP contribution in [0.4, 0.5) is 4.39 Å². The van der Waals surface area contributed by atoms with Crippen LogP contribution in [0, 0.1) is 5.82 Å². The van der Waals surface area contributed by atoms with Crippen LogP contribution >= 0.6 is 0 Å². The van der Waals surface area contributed by atoms with Crippen molar-refractivity contribution in [3.05, 3.63) is 65.5 Å². The van der Waals surface area contributed by atoms with Crippen LogP contribution in [-0.4, -0.2) is 26.7 Å². The van der Waals surface area contributed by atoms with Gasteiger partial charge in [-0.1, -0.05) is 19.1 Å². The summed E-state index contributed by atoms with van der Waals surface area (Å²) in [5.41, 5.74) is 0.983. The van der Waals surface area contributed by atoms with E-state index in [9.17, 15) is 22.4 Å². The molecule has 0 atom stereocenters. The number of rotatable bonds is 5.